The summed E-state index contributed by atoms with van der Waals surface area (Å²) < 4.78 is 11.1. The van der Waals surface area contributed by atoms with Crippen molar-refractivity contribution in [2.75, 3.05) is 28.4 Å². The first-order chi connectivity index (χ1) is 6.52. The molecule has 86 valence electrons. The zero-order valence-electron chi connectivity index (χ0n) is 8.08. The summed E-state index contributed by atoms with van der Waals surface area (Å²) in [5, 5.41) is 1.62. The van der Waals surface area contributed by atoms with Gasteiger partial charge in [0, 0.05) is 15.9 Å². The minimum atomic E-state index is -3.93. The van der Waals surface area contributed by atoms with Gasteiger partial charge in [-0.1, -0.05) is 0 Å². The van der Waals surface area contributed by atoms with Crippen LogP contribution < -0.4 is 0 Å². The van der Waals surface area contributed by atoms with Gasteiger partial charge in [0.1, 0.15) is 4.99 Å². The Labute approximate surface area is 102 Å². The van der Waals surface area contributed by atoms with Crippen molar-refractivity contribution in [1.29, 1.82) is 0 Å². The third-order valence-electron chi connectivity index (χ3n) is 1.22. The third kappa shape index (κ3) is 7.79. The highest BCUT2D eigenvalue weighted by molar-refractivity contribution is 8.19. The van der Waals surface area contributed by atoms with E-state index in [9.17, 15) is 4.57 Å². The zero-order valence-corrected chi connectivity index (χ0v) is 12.2. The Hall–Kier alpha value is 1.55. The van der Waals surface area contributed by atoms with Gasteiger partial charge >= 0.3 is 7.60 Å². The van der Waals surface area contributed by atoms with E-state index in [-0.39, 0.29) is 0 Å². The highest BCUT2D eigenvalue weighted by Crippen LogP contribution is 2.49. The predicted molar refractivity (Wildman–Crippen MR) is 72.6 cm³/mol. The summed E-state index contributed by atoms with van der Waals surface area (Å²) in [6, 6.07) is 0. The second-order valence-corrected chi connectivity index (χ2v) is 9.23. The molecular weight excluding hydrogens is 279 g/mol. The number of hydrogen-bond acceptors (Lipinski definition) is 5. The first kappa shape index (κ1) is 15.6. The Balaban J connectivity index is 3.92. The van der Waals surface area contributed by atoms with Crippen molar-refractivity contribution in [3.8, 4) is 0 Å². The molecule has 3 nitrogen and oxygen atoms in total. The molecule has 0 rings (SSSR count). The summed E-state index contributed by atoms with van der Waals surface area (Å²) in [5.41, 5.74) is 0. The molecule has 0 saturated heterocycles. The van der Waals surface area contributed by atoms with Crippen molar-refractivity contribution in [2.45, 2.75) is 4.99 Å². The third-order valence-corrected chi connectivity index (χ3v) is 8.09. The van der Waals surface area contributed by atoms with Gasteiger partial charge in [-0.25, -0.2) is 0 Å². The van der Waals surface area contributed by atoms with Gasteiger partial charge in [0.2, 0.25) is 0 Å². The zero-order chi connectivity index (χ0) is 11.0. The van der Waals surface area contributed by atoms with E-state index in [2.05, 4.69) is 0 Å². The molecule has 0 aromatic carbocycles. The maximum atomic E-state index is 11.1. The molecule has 2 N–H and O–H groups in total. The largest absolute Gasteiger partial charge is 0.339 e. The van der Waals surface area contributed by atoms with Crippen LogP contribution >= 0.6 is 54.6 Å². The second kappa shape index (κ2) is 8.67. The predicted octanol–water partition coefficient (Wildman–Crippen LogP) is 2.60. The van der Waals surface area contributed by atoms with E-state index < -0.39 is 12.6 Å². The second-order valence-electron chi connectivity index (χ2n) is 2.39. The molecule has 1 unspecified atom stereocenters. The van der Waals surface area contributed by atoms with Crippen LogP contribution in [0, 0.1) is 0 Å². The molecule has 0 aliphatic carbocycles. The van der Waals surface area contributed by atoms with Crippen LogP contribution in [-0.4, -0.2) is 43.2 Å². The molecule has 0 fully saturated rings. The summed E-state index contributed by atoms with van der Waals surface area (Å²) in [6.07, 6.45) is 3.91. The molecule has 0 saturated carbocycles. The fraction of sp³-hybridized carbons (Fsp3) is 1.00. The number of thioether (sulfide) groups is 4. The van der Waals surface area contributed by atoms with Crippen molar-refractivity contribution in [3.63, 3.8) is 0 Å². The van der Waals surface area contributed by atoms with Crippen LogP contribution in [0.2, 0.25) is 0 Å². The normalized spacial score (nSPS) is 14.3. The SMILES string of the molecule is CSCSCC(SCSC)P(=O)(O)O. The van der Waals surface area contributed by atoms with Gasteiger partial charge in [0.15, 0.2) is 0 Å². The Morgan fingerprint density at radius 2 is 1.79 bits per heavy atom. The molecular formula is C6H15O3PS4. The van der Waals surface area contributed by atoms with Gasteiger partial charge < -0.3 is 9.79 Å². The van der Waals surface area contributed by atoms with Gasteiger partial charge in [0.05, 0.1) is 0 Å². The van der Waals surface area contributed by atoms with Crippen LogP contribution in [0.3, 0.4) is 0 Å². The molecule has 0 aromatic heterocycles. The summed E-state index contributed by atoms with van der Waals surface area (Å²) >= 11 is 6.19. The highest BCUT2D eigenvalue weighted by atomic mass is 32.2. The lowest BCUT2D eigenvalue weighted by molar-refractivity contribution is 0.372. The highest BCUT2D eigenvalue weighted by Gasteiger charge is 2.28. The van der Waals surface area contributed by atoms with Crippen molar-refractivity contribution in [1.82, 2.24) is 0 Å². The summed E-state index contributed by atoms with van der Waals surface area (Å²) in [5.74, 6) is 0.524. The Kier molecular flexibility index (Phi) is 9.63. The van der Waals surface area contributed by atoms with E-state index in [0.29, 0.717) is 5.75 Å². The lowest BCUT2D eigenvalue weighted by Gasteiger charge is -2.16. The van der Waals surface area contributed by atoms with Crippen LogP contribution in [0.5, 0.6) is 0 Å². The molecule has 0 radical (unpaired) electrons. The topological polar surface area (TPSA) is 57.5 Å². The minimum Gasteiger partial charge on any atom is -0.324 e. The van der Waals surface area contributed by atoms with Crippen LogP contribution in [0.1, 0.15) is 0 Å². The minimum absolute atomic E-state index is 0.524. The summed E-state index contributed by atoms with van der Waals surface area (Å²) in [6.45, 7) is 0. The smallest absolute Gasteiger partial charge is 0.324 e. The van der Waals surface area contributed by atoms with E-state index in [4.69, 9.17) is 9.79 Å². The quantitative estimate of drug-likeness (QED) is 0.405. The average molecular weight is 294 g/mol. The Morgan fingerprint density at radius 1 is 1.21 bits per heavy atom. The monoisotopic (exact) mass is 294 g/mol. The first-order valence-corrected chi connectivity index (χ1v) is 10.4. The Morgan fingerprint density at radius 3 is 2.21 bits per heavy atom. The maximum Gasteiger partial charge on any atom is 0.339 e. The standard InChI is InChI=1S/C6H15O3PS4/c1-11-4-13-3-6(10(7,8)9)14-5-12-2/h6H,3-5H2,1-2H3,(H2,7,8,9). The van der Waals surface area contributed by atoms with Crippen LogP contribution in [0.25, 0.3) is 0 Å². The molecule has 0 heterocycles. The molecule has 14 heavy (non-hydrogen) atoms. The van der Waals surface area contributed by atoms with Crippen LogP contribution in [0.15, 0.2) is 0 Å². The van der Waals surface area contributed by atoms with E-state index >= 15 is 0 Å². The van der Waals surface area contributed by atoms with Gasteiger partial charge in [-0.2, -0.15) is 23.5 Å². The van der Waals surface area contributed by atoms with Crippen LogP contribution in [0.4, 0.5) is 0 Å². The molecule has 0 aliphatic rings. The molecule has 0 spiro atoms. The summed E-state index contributed by atoms with van der Waals surface area (Å²) in [7, 11) is -3.93. The van der Waals surface area contributed by atoms with E-state index in [1.54, 1.807) is 35.3 Å². The van der Waals surface area contributed by atoms with Crippen molar-refractivity contribution < 1.29 is 14.4 Å². The fourth-order valence-electron chi connectivity index (χ4n) is 0.621. The van der Waals surface area contributed by atoms with E-state index in [1.807, 2.05) is 12.5 Å². The number of rotatable bonds is 8. The van der Waals surface area contributed by atoms with Gasteiger partial charge in [-0.05, 0) is 12.5 Å². The molecule has 8 heteroatoms. The van der Waals surface area contributed by atoms with E-state index in [1.165, 1.54) is 11.8 Å². The van der Waals surface area contributed by atoms with E-state index in [0.717, 1.165) is 10.2 Å². The molecule has 0 amide bonds. The average Bonchev–Trinajstić information content (AvgIpc) is 2.09. The van der Waals surface area contributed by atoms with Gasteiger partial charge in [-0.15, -0.1) is 23.5 Å². The molecule has 0 bridgehead atoms. The van der Waals surface area contributed by atoms with Crippen molar-refractivity contribution in [3.05, 3.63) is 0 Å². The number of hydrogen-bond donors (Lipinski definition) is 2. The molecule has 1 atom stereocenters. The summed E-state index contributed by atoms with van der Waals surface area (Å²) in [4.78, 5) is 17.6. The lowest BCUT2D eigenvalue weighted by atomic mass is 10.9. The van der Waals surface area contributed by atoms with Gasteiger partial charge in [-0.3, -0.25) is 4.57 Å². The maximum absolute atomic E-state index is 11.1. The first-order valence-electron chi connectivity index (χ1n) is 3.74. The molecule has 0 aliphatic heterocycles. The lowest BCUT2D eigenvalue weighted by Crippen LogP contribution is -2.07. The van der Waals surface area contributed by atoms with Crippen molar-refractivity contribution >= 4 is 54.6 Å². The molecule has 0 aromatic rings. The fourth-order valence-corrected chi connectivity index (χ4v) is 6.14. The van der Waals surface area contributed by atoms with Crippen LogP contribution in [-0.2, 0) is 4.57 Å². The Bertz CT molecular complexity index is 186. The van der Waals surface area contributed by atoms with Gasteiger partial charge in [0.25, 0.3) is 0 Å². The van der Waals surface area contributed by atoms with Crippen molar-refractivity contribution in [2.24, 2.45) is 0 Å².